The van der Waals surface area contributed by atoms with Crippen LogP contribution < -0.4 is 0 Å². The van der Waals surface area contributed by atoms with Crippen LogP contribution in [0.15, 0.2) is 0 Å². The molecule has 1 atom stereocenters. The van der Waals surface area contributed by atoms with Gasteiger partial charge in [0.15, 0.2) is 0 Å². The second kappa shape index (κ2) is 32.0. The maximum atomic E-state index is 2.40. The Morgan fingerprint density at radius 1 is 0.286 bits per heavy atom. The number of hydrogen-bond acceptors (Lipinski definition) is 0. The molecule has 0 N–H and O–H groups in total. The minimum absolute atomic E-state index is 0.948. The summed E-state index contributed by atoms with van der Waals surface area (Å²) < 4.78 is 0. The lowest BCUT2D eigenvalue weighted by Crippen LogP contribution is -1.91. The first kappa shape index (κ1) is 35.0. The summed E-state index contributed by atoms with van der Waals surface area (Å²) in [6.45, 7) is 7.04. The lowest BCUT2D eigenvalue weighted by atomic mass is 9.99. The largest absolute Gasteiger partial charge is 0.0654 e. The Morgan fingerprint density at radius 2 is 0.486 bits per heavy atom. The van der Waals surface area contributed by atoms with Crippen molar-refractivity contribution in [1.82, 2.24) is 0 Å². The summed E-state index contributed by atoms with van der Waals surface area (Å²) in [5.74, 6) is 0.948. The van der Waals surface area contributed by atoms with E-state index in [-0.39, 0.29) is 0 Å². The van der Waals surface area contributed by atoms with Crippen molar-refractivity contribution in [3.05, 3.63) is 0 Å². The highest BCUT2D eigenvalue weighted by Gasteiger charge is 1.99. The first-order valence-electron chi connectivity index (χ1n) is 17.3. The van der Waals surface area contributed by atoms with Crippen LogP contribution in [0.4, 0.5) is 0 Å². The smallest absolute Gasteiger partial charge is 0.0445 e. The zero-order valence-electron chi connectivity index (χ0n) is 25.5. The van der Waals surface area contributed by atoms with E-state index < -0.39 is 0 Å². The highest BCUT2D eigenvalue weighted by Crippen LogP contribution is 2.17. The van der Waals surface area contributed by atoms with Crippen molar-refractivity contribution in [3.8, 4) is 0 Å². The lowest BCUT2D eigenvalue weighted by molar-refractivity contribution is 0.468. The van der Waals surface area contributed by atoms with Crippen molar-refractivity contribution >= 4 is 0 Å². The second-order valence-corrected chi connectivity index (χ2v) is 12.2. The average molecular weight is 493 g/mol. The molecule has 0 saturated carbocycles. The van der Waals surface area contributed by atoms with Crippen LogP contribution in [-0.4, -0.2) is 0 Å². The minimum Gasteiger partial charge on any atom is -0.0654 e. The molecule has 0 bridgehead atoms. The molecule has 0 rings (SSSR count). The highest BCUT2D eigenvalue weighted by molar-refractivity contribution is 4.54. The van der Waals surface area contributed by atoms with Crippen molar-refractivity contribution in [1.29, 1.82) is 0 Å². The average Bonchev–Trinajstić information content (AvgIpc) is 2.87. The molecule has 35 heavy (non-hydrogen) atoms. The molecule has 0 aliphatic rings. The molecule has 0 aromatic rings. The van der Waals surface area contributed by atoms with Crippen molar-refractivity contribution in [2.75, 3.05) is 0 Å². The summed E-state index contributed by atoms with van der Waals surface area (Å²) in [7, 11) is 0. The van der Waals surface area contributed by atoms with Crippen LogP contribution in [0.25, 0.3) is 0 Å². The summed E-state index contributed by atoms with van der Waals surface area (Å²) in [6.07, 6.45) is 45.8. The molecule has 212 valence electrons. The SMILES string of the molecule is CCCCCCCCCCCCCCCCCCCCCCCCCCCCCCC[C@@H](C)CC. The molecule has 0 spiro atoms. The Hall–Kier alpha value is 0. The third-order valence-corrected chi connectivity index (χ3v) is 8.50. The van der Waals surface area contributed by atoms with Crippen LogP contribution in [0.1, 0.15) is 220 Å². The molecular formula is C35H72. The maximum absolute atomic E-state index is 2.40. The van der Waals surface area contributed by atoms with Crippen LogP contribution in [0, 0.1) is 5.92 Å². The van der Waals surface area contributed by atoms with E-state index in [9.17, 15) is 0 Å². The van der Waals surface area contributed by atoms with Gasteiger partial charge in [-0.15, -0.1) is 0 Å². The van der Waals surface area contributed by atoms with Crippen LogP contribution in [0.2, 0.25) is 0 Å². The molecule has 0 fully saturated rings. The summed E-state index contributed by atoms with van der Waals surface area (Å²) in [5.41, 5.74) is 0. The molecule has 0 amide bonds. The van der Waals surface area contributed by atoms with Gasteiger partial charge in [0.1, 0.15) is 0 Å². The van der Waals surface area contributed by atoms with Gasteiger partial charge in [-0.05, 0) is 5.92 Å². The standard InChI is InChI=1S/C35H72/c1-4-6-7-8-9-10-11-12-13-14-15-16-17-18-19-20-21-22-23-24-25-26-27-28-29-30-31-32-33-34-35(3)5-2/h35H,4-34H2,1-3H3/t35-/m0/s1. The maximum Gasteiger partial charge on any atom is -0.0445 e. The normalized spacial score (nSPS) is 12.4. The Bertz CT molecular complexity index is 346. The van der Waals surface area contributed by atoms with Gasteiger partial charge in [-0.2, -0.15) is 0 Å². The molecule has 0 aromatic heterocycles. The Kier molecular flexibility index (Phi) is 32.0. The van der Waals surface area contributed by atoms with Gasteiger partial charge in [-0.25, -0.2) is 0 Å². The quantitative estimate of drug-likeness (QED) is 0.0844. The highest BCUT2D eigenvalue weighted by atomic mass is 14.1. The van der Waals surface area contributed by atoms with E-state index in [0.29, 0.717) is 0 Å². The minimum atomic E-state index is 0.948. The second-order valence-electron chi connectivity index (χ2n) is 12.2. The van der Waals surface area contributed by atoms with Crippen LogP contribution in [0.3, 0.4) is 0 Å². The molecular weight excluding hydrogens is 420 g/mol. The lowest BCUT2D eigenvalue weighted by Gasteiger charge is -2.07. The van der Waals surface area contributed by atoms with Crippen molar-refractivity contribution in [2.24, 2.45) is 5.92 Å². The van der Waals surface area contributed by atoms with E-state index in [2.05, 4.69) is 20.8 Å². The van der Waals surface area contributed by atoms with Gasteiger partial charge < -0.3 is 0 Å². The van der Waals surface area contributed by atoms with Crippen molar-refractivity contribution < 1.29 is 0 Å². The zero-order valence-corrected chi connectivity index (χ0v) is 25.5. The van der Waals surface area contributed by atoms with E-state index in [1.807, 2.05) is 0 Å². The predicted octanol–water partition coefficient (Wildman–Crippen LogP) is 13.8. The van der Waals surface area contributed by atoms with Crippen molar-refractivity contribution in [3.63, 3.8) is 0 Å². The van der Waals surface area contributed by atoms with Gasteiger partial charge >= 0.3 is 0 Å². The van der Waals surface area contributed by atoms with Gasteiger partial charge in [0.2, 0.25) is 0 Å². The zero-order chi connectivity index (χ0) is 25.5. The van der Waals surface area contributed by atoms with E-state index in [1.54, 1.807) is 0 Å². The third kappa shape index (κ3) is 32.0. The number of rotatable bonds is 31. The Balaban J connectivity index is 3.02. The first-order valence-corrected chi connectivity index (χ1v) is 17.3. The molecule has 0 radical (unpaired) electrons. The molecule has 0 aliphatic carbocycles. The number of unbranched alkanes of at least 4 members (excludes halogenated alkanes) is 28. The molecule has 0 aliphatic heterocycles. The predicted molar refractivity (Wildman–Crippen MR) is 164 cm³/mol. The molecule has 0 heteroatoms. The monoisotopic (exact) mass is 493 g/mol. The summed E-state index contributed by atoms with van der Waals surface area (Å²) in [6, 6.07) is 0. The van der Waals surface area contributed by atoms with E-state index in [4.69, 9.17) is 0 Å². The topological polar surface area (TPSA) is 0 Å². The summed E-state index contributed by atoms with van der Waals surface area (Å²) in [5, 5.41) is 0. The van der Waals surface area contributed by atoms with Gasteiger partial charge in [0.05, 0.1) is 0 Å². The van der Waals surface area contributed by atoms with Crippen LogP contribution in [0.5, 0.6) is 0 Å². The van der Waals surface area contributed by atoms with Gasteiger partial charge in [-0.1, -0.05) is 220 Å². The fourth-order valence-corrected chi connectivity index (χ4v) is 5.54. The van der Waals surface area contributed by atoms with E-state index in [0.717, 1.165) is 5.92 Å². The molecule has 0 aromatic carbocycles. The van der Waals surface area contributed by atoms with Gasteiger partial charge in [0, 0.05) is 0 Å². The fraction of sp³-hybridized carbons (Fsp3) is 1.00. The Labute approximate surface area is 225 Å². The van der Waals surface area contributed by atoms with Crippen LogP contribution >= 0.6 is 0 Å². The van der Waals surface area contributed by atoms with E-state index in [1.165, 1.54) is 199 Å². The molecule has 0 saturated heterocycles. The Morgan fingerprint density at radius 3 is 0.686 bits per heavy atom. The van der Waals surface area contributed by atoms with E-state index >= 15 is 0 Å². The fourth-order valence-electron chi connectivity index (χ4n) is 5.54. The summed E-state index contributed by atoms with van der Waals surface area (Å²) >= 11 is 0. The number of hydrogen-bond donors (Lipinski definition) is 0. The summed E-state index contributed by atoms with van der Waals surface area (Å²) in [4.78, 5) is 0. The van der Waals surface area contributed by atoms with Gasteiger partial charge in [-0.3, -0.25) is 0 Å². The first-order chi connectivity index (χ1) is 17.3. The molecule has 0 unspecified atom stereocenters. The third-order valence-electron chi connectivity index (χ3n) is 8.50. The van der Waals surface area contributed by atoms with Crippen molar-refractivity contribution in [2.45, 2.75) is 220 Å². The van der Waals surface area contributed by atoms with Gasteiger partial charge in [0.25, 0.3) is 0 Å². The van der Waals surface area contributed by atoms with Crippen LogP contribution in [-0.2, 0) is 0 Å². The molecule has 0 nitrogen and oxygen atoms in total. The molecule has 0 heterocycles.